The molecular weight excluding hydrogens is 304 g/mol. The van der Waals surface area contributed by atoms with Gasteiger partial charge >= 0.3 is 0 Å². The zero-order valence-corrected chi connectivity index (χ0v) is 15.4. The number of hydrogen-bond acceptors (Lipinski definition) is 1. The van der Waals surface area contributed by atoms with E-state index in [2.05, 4.69) is 84.0 Å². The minimum Gasteiger partial charge on any atom is -0.358 e. The lowest BCUT2D eigenvalue weighted by atomic mass is 9.90. The molecule has 0 saturated carbocycles. The minimum absolute atomic E-state index is 0.483. The topological polar surface area (TPSA) is 8.17 Å². The number of nitrogens with zero attached hydrogens (tertiary/aromatic N) is 2. The van der Waals surface area contributed by atoms with Crippen molar-refractivity contribution in [2.45, 2.75) is 39.2 Å². The Kier molecular flexibility index (Phi) is 4.52. The number of hydrogen-bond donors (Lipinski definition) is 0. The second kappa shape index (κ2) is 6.95. The van der Waals surface area contributed by atoms with E-state index in [0.717, 1.165) is 5.92 Å². The first-order valence-corrected chi connectivity index (χ1v) is 9.61. The number of fused-ring (bicyclic) bond motifs is 1. The molecule has 0 spiro atoms. The summed E-state index contributed by atoms with van der Waals surface area (Å²) in [6.45, 7) is 6.91. The van der Waals surface area contributed by atoms with Gasteiger partial charge < -0.3 is 9.47 Å². The molecule has 1 fully saturated rings. The van der Waals surface area contributed by atoms with Gasteiger partial charge in [0.05, 0.1) is 0 Å². The van der Waals surface area contributed by atoms with E-state index in [1.165, 1.54) is 54.6 Å². The van der Waals surface area contributed by atoms with Gasteiger partial charge in [-0.15, -0.1) is 0 Å². The van der Waals surface area contributed by atoms with Crippen molar-refractivity contribution in [3.05, 3.63) is 66.2 Å². The second-order valence-electron chi connectivity index (χ2n) is 7.65. The Balaban J connectivity index is 1.51. The zero-order valence-electron chi connectivity index (χ0n) is 15.4. The van der Waals surface area contributed by atoms with Gasteiger partial charge in [0, 0.05) is 30.0 Å². The Bertz CT molecular complexity index is 824. The van der Waals surface area contributed by atoms with Crippen molar-refractivity contribution in [3.8, 4) is 0 Å². The fraction of sp³-hybridized carbons (Fsp3) is 0.391. The lowest BCUT2D eigenvalue weighted by Crippen LogP contribution is -2.35. The van der Waals surface area contributed by atoms with Crippen LogP contribution < -0.4 is 4.90 Å². The molecule has 2 nitrogen and oxygen atoms in total. The molecule has 0 radical (unpaired) electrons. The Hall–Kier alpha value is -2.22. The van der Waals surface area contributed by atoms with Crippen LogP contribution >= 0.6 is 0 Å². The fourth-order valence-corrected chi connectivity index (χ4v) is 4.26. The summed E-state index contributed by atoms with van der Waals surface area (Å²) in [5.41, 5.74) is 2.84. The lowest BCUT2D eigenvalue weighted by Gasteiger charge is -2.35. The number of anilines is 1. The van der Waals surface area contributed by atoms with E-state index in [4.69, 9.17) is 0 Å². The summed E-state index contributed by atoms with van der Waals surface area (Å²) in [7, 11) is 0. The van der Waals surface area contributed by atoms with Crippen LogP contribution in [0.3, 0.4) is 0 Å². The molecule has 0 bridgehead atoms. The first kappa shape index (κ1) is 16.3. The monoisotopic (exact) mass is 332 g/mol. The van der Waals surface area contributed by atoms with Crippen molar-refractivity contribution in [1.82, 2.24) is 4.57 Å². The van der Waals surface area contributed by atoms with E-state index < -0.39 is 0 Å². The van der Waals surface area contributed by atoms with Crippen LogP contribution in [-0.4, -0.2) is 17.7 Å². The summed E-state index contributed by atoms with van der Waals surface area (Å²) in [4.78, 5) is 2.60. The molecule has 0 unspecified atom stereocenters. The maximum Gasteiger partial charge on any atom is 0.109 e. The molecule has 1 aromatic heterocycles. The average Bonchev–Trinajstić information content (AvgIpc) is 3.03. The summed E-state index contributed by atoms with van der Waals surface area (Å²) < 4.78 is 2.51. The number of rotatable bonds is 4. The van der Waals surface area contributed by atoms with Gasteiger partial charge in [-0.05, 0) is 56.7 Å². The van der Waals surface area contributed by atoms with Gasteiger partial charge in [0.15, 0.2) is 0 Å². The predicted octanol–water partition coefficient (Wildman–Crippen LogP) is 5.68. The highest BCUT2D eigenvalue weighted by Crippen LogP contribution is 2.33. The third kappa shape index (κ3) is 3.30. The Morgan fingerprint density at radius 1 is 0.920 bits per heavy atom. The summed E-state index contributed by atoms with van der Waals surface area (Å²) in [5.74, 6) is 2.21. The molecule has 1 aliphatic heterocycles. The molecule has 1 aliphatic rings. The molecule has 2 heteroatoms. The predicted molar refractivity (Wildman–Crippen MR) is 107 cm³/mol. The Morgan fingerprint density at radius 3 is 2.32 bits per heavy atom. The molecular formula is C23H28N2. The fourth-order valence-electron chi connectivity index (χ4n) is 4.26. The molecule has 0 N–H and O–H groups in total. The highest BCUT2D eigenvalue weighted by atomic mass is 15.2. The summed E-state index contributed by atoms with van der Waals surface area (Å²) in [6.07, 6.45) is 3.80. The lowest BCUT2D eigenvalue weighted by molar-refractivity contribution is 0.398. The zero-order chi connectivity index (χ0) is 17.2. The van der Waals surface area contributed by atoms with Crippen molar-refractivity contribution in [3.63, 3.8) is 0 Å². The van der Waals surface area contributed by atoms with Crippen molar-refractivity contribution < 1.29 is 0 Å². The molecule has 0 atom stereocenters. The quantitative estimate of drug-likeness (QED) is 0.596. The average molecular weight is 332 g/mol. The van der Waals surface area contributed by atoms with Crippen LogP contribution in [0, 0.1) is 5.92 Å². The number of aromatic nitrogens is 1. The normalized spacial score (nSPS) is 16.0. The molecule has 2 heterocycles. The van der Waals surface area contributed by atoms with E-state index in [1.54, 1.807) is 0 Å². The van der Waals surface area contributed by atoms with Crippen LogP contribution in [-0.2, 0) is 6.42 Å². The maximum absolute atomic E-state index is 2.60. The van der Waals surface area contributed by atoms with Crippen molar-refractivity contribution in [2.24, 2.45) is 5.92 Å². The van der Waals surface area contributed by atoms with Crippen LogP contribution in [0.5, 0.6) is 0 Å². The largest absolute Gasteiger partial charge is 0.358 e. The van der Waals surface area contributed by atoms with Gasteiger partial charge in [-0.1, -0.05) is 48.5 Å². The standard InChI is InChI=1S/C23H28N2/c1-18(2)25-22-11-7-6-10-21(22)17-23(25)24-14-12-20(13-15-24)16-19-8-4-3-5-9-19/h3-11,17-18,20H,12-16H2,1-2H3. The second-order valence-corrected chi connectivity index (χ2v) is 7.65. The molecule has 4 rings (SSSR count). The van der Waals surface area contributed by atoms with Crippen LogP contribution in [0.15, 0.2) is 60.7 Å². The molecule has 130 valence electrons. The van der Waals surface area contributed by atoms with Gasteiger partial charge in [-0.25, -0.2) is 0 Å². The van der Waals surface area contributed by atoms with E-state index in [1.807, 2.05) is 0 Å². The highest BCUT2D eigenvalue weighted by Gasteiger charge is 2.23. The number of para-hydroxylation sites is 1. The highest BCUT2D eigenvalue weighted by molar-refractivity contribution is 5.85. The van der Waals surface area contributed by atoms with Crippen molar-refractivity contribution >= 4 is 16.7 Å². The number of benzene rings is 2. The van der Waals surface area contributed by atoms with Gasteiger partial charge in [0.2, 0.25) is 0 Å². The third-order valence-electron chi connectivity index (χ3n) is 5.55. The first-order valence-electron chi connectivity index (χ1n) is 9.61. The first-order chi connectivity index (χ1) is 12.2. The smallest absolute Gasteiger partial charge is 0.109 e. The van der Waals surface area contributed by atoms with Gasteiger partial charge in [-0.3, -0.25) is 0 Å². The summed E-state index contributed by atoms with van der Waals surface area (Å²) >= 11 is 0. The van der Waals surface area contributed by atoms with Crippen molar-refractivity contribution in [2.75, 3.05) is 18.0 Å². The van der Waals surface area contributed by atoms with E-state index >= 15 is 0 Å². The SMILES string of the molecule is CC(C)n1c(N2CCC(Cc3ccccc3)CC2)cc2ccccc21. The molecule has 2 aromatic carbocycles. The Morgan fingerprint density at radius 2 is 1.60 bits per heavy atom. The minimum atomic E-state index is 0.483. The van der Waals surface area contributed by atoms with E-state index in [0.29, 0.717) is 6.04 Å². The van der Waals surface area contributed by atoms with E-state index in [-0.39, 0.29) is 0 Å². The third-order valence-corrected chi connectivity index (χ3v) is 5.55. The van der Waals surface area contributed by atoms with Crippen LogP contribution in [0.1, 0.15) is 38.3 Å². The van der Waals surface area contributed by atoms with Crippen LogP contribution in [0.2, 0.25) is 0 Å². The molecule has 25 heavy (non-hydrogen) atoms. The van der Waals surface area contributed by atoms with Gasteiger partial charge in [0.25, 0.3) is 0 Å². The Labute approximate surface area is 151 Å². The van der Waals surface area contributed by atoms with Gasteiger partial charge in [0.1, 0.15) is 5.82 Å². The summed E-state index contributed by atoms with van der Waals surface area (Å²) in [6, 6.07) is 22.6. The molecule has 1 saturated heterocycles. The molecule has 3 aromatic rings. The van der Waals surface area contributed by atoms with Gasteiger partial charge in [-0.2, -0.15) is 0 Å². The molecule has 0 amide bonds. The number of piperidine rings is 1. The van der Waals surface area contributed by atoms with Crippen LogP contribution in [0.4, 0.5) is 5.82 Å². The maximum atomic E-state index is 2.60. The van der Waals surface area contributed by atoms with Crippen LogP contribution in [0.25, 0.3) is 10.9 Å². The summed E-state index contributed by atoms with van der Waals surface area (Å²) in [5, 5.41) is 1.36. The molecule has 0 aliphatic carbocycles. The van der Waals surface area contributed by atoms with Crippen molar-refractivity contribution in [1.29, 1.82) is 0 Å². The van der Waals surface area contributed by atoms with E-state index in [9.17, 15) is 0 Å².